The first kappa shape index (κ1) is 26.3. The molecule has 5 rings (SSSR count). The molecule has 7 nitrogen and oxygen atoms in total. The molecule has 1 fully saturated rings. The number of carbonyl (C=O) groups is 1. The Hall–Kier alpha value is -3.33. The molecule has 0 saturated carbocycles. The normalized spacial score (nSPS) is 17.1. The van der Waals surface area contributed by atoms with Crippen LogP contribution in [-0.4, -0.2) is 51.7 Å². The highest BCUT2D eigenvalue weighted by Gasteiger charge is 2.28. The monoisotopic (exact) mass is 550 g/mol. The van der Waals surface area contributed by atoms with Crippen molar-refractivity contribution in [2.24, 2.45) is 0 Å². The highest BCUT2D eigenvalue weighted by Crippen LogP contribution is 2.39. The molecule has 0 spiro atoms. The number of carbonyl (C=O) groups excluding carboxylic acids is 1. The first-order valence-corrected chi connectivity index (χ1v) is 15.0. The first-order valence-electron chi connectivity index (χ1n) is 12.8. The maximum Gasteiger partial charge on any atom is 0.258 e. The van der Waals surface area contributed by atoms with Gasteiger partial charge in [0.2, 0.25) is 10.0 Å². The van der Waals surface area contributed by atoms with Crippen molar-refractivity contribution >= 4 is 55.9 Å². The Morgan fingerprint density at radius 3 is 2.39 bits per heavy atom. The van der Waals surface area contributed by atoms with Gasteiger partial charge in [-0.1, -0.05) is 54.4 Å². The summed E-state index contributed by atoms with van der Waals surface area (Å²) in [7, 11) is -3.44. The third kappa shape index (κ3) is 5.88. The Kier molecular flexibility index (Phi) is 7.74. The van der Waals surface area contributed by atoms with Crippen LogP contribution in [0.2, 0.25) is 5.02 Å². The zero-order valence-electron chi connectivity index (χ0n) is 21.3. The molecule has 2 aliphatic rings. The van der Waals surface area contributed by atoms with Gasteiger partial charge in [0.05, 0.1) is 28.9 Å². The molecule has 1 amide bonds. The molecule has 0 radical (unpaired) electrons. The number of halogens is 1. The number of benzene rings is 3. The fraction of sp³-hybridized carbons (Fsp3) is 0.276. The number of nitrogens with one attached hydrogen (secondary N) is 2. The quantitative estimate of drug-likeness (QED) is 0.361. The molecule has 198 valence electrons. The molecule has 2 N–H and O–H groups in total. The lowest BCUT2D eigenvalue weighted by atomic mass is 10.00. The summed E-state index contributed by atoms with van der Waals surface area (Å²) in [4.78, 5) is 15.4. The minimum absolute atomic E-state index is 0.216. The van der Waals surface area contributed by atoms with Gasteiger partial charge >= 0.3 is 0 Å². The summed E-state index contributed by atoms with van der Waals surface area (Å²) in [5.74, 6) is -0.216. The predicted molar refractivity (Wildman–Crippen MR) is 156 cm³/mol. The average molecular weight is 551 g/mol. The topological polar surface area (TPSA) is 81.8 Å². The van der Waals surface area contributed by atoms with Crippen molar-refractivity contribution in [2.45, 2.75) is 19.3 Å². The van der Waals surface area contributed by atoms with E-state index in [-0.39, 0.29) is 5.91 Å². The van der Waals surface area contributed by atoms with Crippen molar-refractivity contribution < 1.29 is 13.2 Å². The number of hydrogen-bond donors (Lipinski definition) is 2. The van der Waals surface area contributed by atoms with E-state index in [1.807, 2.05) is 48.5 Å². The highest BCUT2D eigenvalue weighted by molar-refractivity contribution is 7.92. The zero-order valence-corrected chi connectivity index (χ0v) is 22.9. The number of anilines is 3. The molecule has 0 atom stereocenters. The molecule has 2 aliphatic heterocycles. The van der Waals surface area contributed by atoms with Crippen molar-refractivity contribution in [3.63, 3.8) is 0 Å². The fourth-order valence-corrected chi connectivity index (χ4v) is 6.12. The minimum atomic E-state index is -3.44. The Morgan fingerprint density at radius 1 is 1.00 bits per heavy atom. The summed E-state index contributed by atoms with van der Waals surface area (Å²) in [5, 5.41) is 6.88. The average Bonchev–Trinajstić information content (AvgIpc) is 3.23. The third-order valence-electron chi connectivity index (χ3n) is 6.93. The lowest BCUT2D eigenvalue weighted by Gasteiger charge is -2.30. The van der Waals surface area contributed by atoms with E-state index in [2.05, 4.69) is 15.5 Å². The standard InChI is InChI=1S/C29H31ClN4O3S/c1-38(36,37)34(19-18-33-16-6-3-7-17-33)24-13-11-23(12-14-24)31-28(21-8-4-2-5-9-21)27-25-15-10-22(30)20-26(25)32-29(27)35/h2,4-5,8-15,20,31H,3,6-7,16-19H2,1H3,(H,32,35)/b28-27-. The van der Waals surface area contributed by atoms with E-state index in [1.54, 1.807) is 24.3 Å². The van der Waals surface area contributed by atoms with Gasteiger partial charge in [0.15, 0.2) is 0 Å². The summed E-state index contributed by atoms with van der Waals surface area (Å²) in [6.07, 6.45) is 4.81. The number of fused-ring (bicyclic) bond motifs is 1. The lowest BCUT2D eigenvalue weighted by Crippen LogP contribution is -2.40. The van der Waals surface area contributed by atoms with Crippen LogP contribution in [0.1, 0.15) is 30.4 Å². The van der Waals surface area contributed by atoms with Crippen LogP contribution in [0.5, 0.6) is 0 Å². The van der Waals surface area contributed by atoms with Crippen molar-refractivity contribution in [3.05, 3.63) is 88.9 Å². The smallest absolute Gasteiger partial charge is 0.258 e. The van der Waals surface area contributed by atoms with Gasteiger partial charge in [-0.2, -0.15) is 0 Å². The summed E-state index contributed by atoms with van der Waals surface area (Å²) in [6, 6.07) is 22.3. The van der Waals surface area contributed by atoms with Crippen molar-refractivity contribution in [1.82, 2.24) is 4.90 Å². The number of amides is 1. The van der Waals surface area contributed by atoms with Gasteiger partial charge in [-0.25, -0.2) is 8.42 Å². The predicted octanol–water partition coefficient (Wildman–Crippen LogP) is 5.52. The Bertz CT molecular complexity index is 1450. The minimum Gasteiger partial charge on any atom is -0.354 e. The van der Waals surface area contributed by atoms with Gasteiger partial charge in [-0.3, -0.25) is 9.10 Å². The Balaban J connectivity index is 1.44. The Labute approximate surface area is 229 Å². The van der Waals surface area contributed by atoms with Crippen LogP contribution < -0.4 is 14.9 Å². The molecule has 2 heterocycles. The zero-order chi connectivity index (χ0) is 26.7. The van der Waals surface area contributed by atoms with Crippen LogP contribution in [0.3, 0.4) is 0 Å². The molecule has 9 heteroatoms. The Morgan fingerprint density at radius 2 is 1.71 bits per heavy atom. The molecule has 1 saturated heterocycles. The molecule has 0 aliphatic carbocycles. The highest BCUT2D eigenvalue weighted by atomic mass is 35.5. The molecule has 3 aromatic carbocycles. The van der Waals surface area contributed by atoms with Crippen molar-refractivity contribution in [3.8, 4) is 0 Å². The van der Waals surface area contributed by atoms with Crippen LogP contribution in [0.4, 0.5) is 17.1 Å². The molecule has 38 heavy (non-hydrogen) atoms. The second-order valence-corrected chi connectivity index (χ2v) is 12.0. The second-order valence-electron chi connectivity index (χ2n) is 9.67. The summed E-state index contributed by atoms with van der Waals surface area (Å²) < 4.78 is 26.7. The van der Waals surface area contributed by atoms with Crippen LogP contribution in [0, 0.1) is 0 Å². The van der Waals surface area contributed by atoms with Crippen molar-refractivity contribution in [1.29, 1.82) is 0 Å². The van der Waals surface area contributed by atoms with Gasteiger partial charge in [-0.05, 0) is 67.9 Å². The maximum absolute atomic E-state index is 13.1. The van der Waals surface area contributed by atoms with Gasteiger partial charge in [0.25, 0.3) is 5.91 Å². The summed E-state index contributed by atoms with van der Waals surface area (Å²) in [6.45, 7) is 3.14. The van der Waals surface area contributed by atoms with E-state index in [1.165, 1.54) is 17.0 Å². The first-order chi connectivity index (χ1) is 18.3. The summed E-state index contributed by atoms with van der Waals surface area (Å²) in [5.41, 5.74) is 4.81. The second kappa shape index (κ2) is 11.2. The van der Waals surface area contributed by atoms with Crippen molar-refractivity contribution in [2.75, 3.05) is 47.4 Å². The van der Waals surface area contributed by atoms with E-state index in [9.17, 15) is 13.2 Å². The number of likely N-dealkylation sites (tertiary alicyclic amines) is 1. The maximum atomic E-state index is 13.1. The van der Waals surface area contributed by atoms with Crippen LogP contribution in [0.25, 0.3) is 11.3 Å². The number of nitrogens with zero attached hydrogens (tertiary/aromatic N) is 2. The molecule has 0 aromatic heterocycles. The van der Waals surface area contributed by atoms with E-state index in [4.69, 9.17) is 11.6 Å². The van der Waals surface area contributed by atoms with Gasteiger partial charge in [0, 0.05) is 29.4 Å². The lowest BCUT2D eigenvalue weighted by molar-refractivity contribution is -0.110. The third-order valence-corrected chi connectivity index (χ3v) is 8.36. The summed E-state index contributed by atoms with van der Waals surface area (Å²) >= 11 is 6.15. The van der Waals surface area contributed by atoms with Crippen LogP contribution in [-0.2, 0) is 14.8 Å². The van der Waals surface area contributed by atoms with Crippen LogP contribution in [0.15, 0.2) is 72.8 Å². The van der Waals surface area contributed by atoms with Gasteiger partial charge in [0.1, 0.15) is 0 Å². The number of sulfonamides is 1. The fourth-order valence-electron chi connectivity index (χ4n) is 5.03. The molecular weight excluding hydrogens is 520 g/mol. The van der Waals surface area contributed by atoms with E-state index >= 15 is 0 Å². The molecule has 3 aromatic rings. The molecule has 0 unspecified atom stereocenters. The largest absolute Gasteiger partial charge is 0.354 e. The van der Waals surface area contributed by atoms with Gasteiger partial charge < -0.3 is 15.5 Å². The van der Waals surface area contributed by atoms with Crippen LogP contribution >= 0.6 is 11.6 Å². The molecular formula is C29H31ClN4O3S. The SMILES string of the molecule is CS(=O)(=O)N(CCN1CCCCC1)c1ccc(N/C(=C2\C(=O)Nc3cc(Cl)ccc32)c2ccccc2)cc1. The number of rotatable bonds is 8. The van der Waals surface area contributed by atoms with E-state index < -0.39 is 10.0 Å². The number of piperidine rings is 1. The van der Waals surface area contributed by atoms with E-state index in [0.717, 1.165) is 42.7 Å². The van der Waals surface area contributed by atoms with Gasteiger partial charge in [-0.15, -0.1) is 0 Å². The molecule has 0 bridgehead atoms. The van der Waals surface area contributed by atoms with E-state index in [0.29, 0.717) is 40.8 Å². The number of hydrogen-bond acceptors (Lipinski definition) is 5.